The SMILES string of the molecule is CCN(CC(=O)N1CCCNCC1)c1cccc(C)c1. The average molecular weight is 275 g/mol. The van der Waals surface area contributed by atoms with Crippen LogP contribution in [0.4, 0.5) is 5.69 Å². The molecule has 1 aromatic rings. The van der Waals surface area contributed by atoms with Crippen molar-refractivity contribution in [2.75, 3.05) is 44.2 Å². The number of benzene rings is 1. The Bertz CT molecular complexity index is 439. The van der Waals surface area contributed by atoms with Crippen LogP contribution in [0.25, 0.3) is 0 Å². The molecule has 20 heavy (non-hydrogen) atoms. The van der Waals surface area contributed by atoms with Crippen LogP contribution in [0.5, 0.6) is 0 Å². The lowest BCUT2D eigenvalue weighted by atomic mass is 10.2. The number of carbonyl (C=O) groups excluding carboxylic acids is 1. The van der Waals surface area contributed by atoms with E-state index in [4.69, 9.17) is 0 Å². The Labute approximate surface area is 121 Å². The molecule has 1 aliphatic rings. The molecule has 0 radical (unpaired) electrons. The summed E-state index contributed by atoms with van der Waals surface area (Å²) >= 11 is 0. The molecule has 1 fully saturated rings. The van der Waals surface area contributed by atoms with Crippen molar-refractivity contribution in [3.05, 3.63) is 29.8 Å². The number of rotatable bonds is 4. The molecule has 1 N–H and O–H groups in total. The van der Waals surface area contributed by atoms with E-state index in [0.29, 0.717) is 6.54 Å². The Morgan fingerprint density at radius 2 is 2.20 bits per heavy atom. The third kappa shape index (κ3) is 3.97. The standard InChI is InChI=1S/C16H25N3O/c1-3-18(15-7-4-6-14(2)12-15)13-16(20)19-10-5-8-17-9-11-19/h4,6-7,12,17H,3,5,8-11,13H2,1-2H3. The highest BCUT2D eigenvalue weighted by Gasteiger charge is 2.18. The van der Waals surface area contributed by atoms with Crippen molar-refractivity contribution in [1.29, 1.82) is 0 Å². The summed E-state index contributed by atoms with van der Waals surface area (Å²) in [5.74, 6) is 0.233. The van der Waals surface area contributed by atoms with Crippen LogP contribution in [-0.4, -0.2) is 50.1 Å². The number of nitrogens with one attached hydrogen (secondary N) is 1. The second kappa shape index (κ2) is 7.29. The van der Waals surface area contributed by atoms with Crippen LogP contribution in [0, 0.1) is 6.92 Å². The van der Waals surface area contributed by atoms with E-state index in [-0.39, 0.29) is 5.91 Å². The molecule has 1 aromatic carbocycles. The molecule has 0 spiro atoms. The van der Waals surface area contributed by atoms with Gasteiger partial charge in [0.2, 0.25) is 5.91 Å². The number of amides is 1. The van der Waals surface area contributed by atoms with E-state index in [9.17, 15) is 4.79 Å². The van der Waals surface area contributed by atoms with Crippen LogP contribution in [0.15, 0.2) is 24.3 Å². The van der Waals surface area contributed by atoms with E-state index in [0.717, 1.165) is 44.8 Å². The molecule has 0 unspecified atom stereocenters. The van der Waals surface area contributed by atoms with Crippen LogP contribution >= 0.6 is 0 Å². The molecular weight excluding hydrogens is 250 g/mol. The van der Waals surface area contributed by atoms with Gasteiger partial charge in [-0.05, 0) is 44.5 Å². The van der Waals surface area contributed by atoms with Crippen LogP contribution in [0.1, 0.15) is 18.9 Å². The van der Waals surface area contributed by atoms with Crippen molar-refractivity contribution in [1.82, 2.24) is 10.2 Å². The van der Waals surface area contributed by atoms with Gasteiger partial charge in [-0.1, -0.05) is 12.1 Å². The normalized spacial score (nSPS) is 15.8. The monoisotopic (exact) mass is 275 g/mol. The minimum atomic E-state index is 0.233. The van der Waals surface area contributed by atoms with Gasteiger partial charge in [-0.15, -0.1) is 0 Å². The van der Waals surface area contributed by atoms with Gasteiger partial charge in [0.1, 0.15) is 0 Å². The molecule has 110 valence electrons. The van der Waals surface area contributed by atoms with Crippen molar-refractivity contribution in [3.63, 3.8) is 0 Å². The summed E-state index contributed by atoms with van der Waals surface area (Å²) in [5, 5.41) is 3.33. The van der Waals surface area contributed by atoms with Crippen LogP contribution < -0.4 is 10.2 Å². The predicted molar refractivity (Wildman–Crippen MR) is 83.1 cm³/mol. The maximum Gasteiger partial charge on any atom is 0.242 e. The molecule has 2 rings (SSSR count). The van der Waals surface area contributed by atoms with Gasteiger partial charge in [-0.2, -0.15) is 0 Å². The molecule has 1 amide bonds. The third-order valence-corrected chi connectivity index (χ3v) is 3.77. The lowest BCUT2D eigenvalue weighted by molar-refractivity contribution is -0.129. The van der Waals surface area contributed by atoms with Gasteiger partial charge >= 0.3 is 0 Å². The fraction of sp³-hybridized carbons (Fsp3) is 0.562. The topological polar surface area (TPSA) is 35.6 Å². The summed E-state index contributed by atoms with van der Waals surface area (Å²) in [7, 11) is 0. The van der Waals surface area contributed by atoms with Gasteiger partial charge < -0.3 is 15.1 Å². The number of anilines is 1. The van der Waals surface area contributed by atoms with Crippen LogP contribution in [0.2, 0.25) is 0 Å². The molecule has 1 aliphatic heterocycles. The summed E-state index contributed by atoms with van der Waals surface area (Å²) in [6, 6.07) is 8.35. The van der Waals surface area contributed by atoms with Gasteiger partial charge in [0.05, 0.1) is 6.54 Å². The lowest BCUT2D eigenvalue weighted by Crippen LogP contribution is -2.42. The lowest BCUT2D eigenvalue weighted by Gasteiger charge is -2.27. The molecule has 0 saturated carbocycles. The Hall–Kier alpha value is -1.55. The maximum absolute atomic E-state index is 12.4. The Kier molecular flexibility index (Phi) is 5.41. The molecule has 4 heteroatoms. The summed E-state index contributed by atoms with van der Waals surface area (Å²) in [6.45, 7) is 9.11. The van der Waals surface area contributed by atoms with Crippen molar-refractivity contribution in [3.8, 4) is 0 Å². The molecule has 0 bridgehead atoms. The first-order valence-corrected chi connectivity index (χ1v) is 7.51. The third-order valence-electron chi connectivity index (χ3n) is 3.77. The number of aryl methyl sites for hydroxylation is 1. The minimum Gasteiger partial charge on any atom is -0.362 e. The van der Waals surface area contributed by atoms with Gasteiger partial charge in [0.25, 0.3) is 0 Å². The number of carbonyl (C=O) groups is 1. The average Bonchev–Trinajstić information content (AvgIpc) is 2.73. The highest BCUT2D eigenvalue weighted by Crippen LogP contribution is 2.15. The van der Waals surface area contributed by atoms with Gasteiger partial charge in [0.15, 0.2) is 0 Å². The van der Waals surface area contributed by atoms with Gasteiger partial charge in [-0.25, -0.2) is 0 Å². The Balaban J connectivity index is 2.00. The number of hydrogen-bond donors (Lipinski definition) is 1. The second-order valence-corrected chi connectivity index (χ2v) is 5.34. The molecule has 4 nitrogen and oxygen atoms in total. The van der Waals surface area contributed by atoms with E-state index < -0.39 is 0 Å². The Morgan fingerprint density at radius 3 is 2.95 bits per heavy atom. The van der Waals surface area contributed by atoms with E-state index in [1.165, 1.54) is 5.56 Å². The largest absolute Gasteiger partial charge is 0.362 e. The van der Waals surface area contributed by atoms with Crippen molar-refractivity contribution >= 4 is 11.6 Å². The fourth-order valence-electron chi connectivity index (χ4n) is 2.57. The Morgan fingerprint density at radius 1 is 1.35 bits per heavy atom. The highest BCUT2D eigenvalue weighted by atomic mass is 16.2. The van der Waals surface area contributed by atoms with Crippen LogP contribution in [-0.2, 0) is 4.79 Å². The highest BCUT2D eigenvalue weighted by molar-refractivity contribution is 5.81. The van der Waals surface area contributed by atoms with Crippen LogP contribution in [0.3, 0.4) is 0 Å². The number of hydrogen-bond acceptors (Lipinski definition) is 3. The maximum atomic E-state index is 12.4. The van der Waals surface area contributed by atoms with Crippen molar-refractivity contribution in [2.45, 2.75) is 20.3 Å². The zero-order valence-corrected chi connectivity index (χ0v) is 12.6. The molecular formula is C16H25N3O. The predicted octanol–water partition coefficient (Wildman–Crippen LogP) is 1.64. The molecule has 0 aromatic heterocycles. The van der Waals surface area contributed by atoms with E-state index in [1.54, 1.807) is 0 Å². The number of nitrogens with zero attached hydrogens (tertiary/aromatic N) is 2. The summed E-state index contributed by atoms with van der Waals surface area (Å²) in [4.78, 5) is 16.6. The summed E-state index contributed by atoms with van der Waals surface area (Å²) < 4.78 is 0. The van der Waals surface area contributed by atoms with Gasteiger partial charge in [0, 0.05) is 31.9 Å². The summed E-state index contributed by atoms with van der Waals surface area (Å²) in [6.07, 6.45) is 1.04. The quantitative estimate of drug-likeness (QED) is 0.907. The second-order valence-electron chi connectivity index (χ2n) is 5.34. The smallest absolute Gasteiger partial charge is 0.242 e. The zero-order valence-electron chi connectivity index (χ0n) is 12.6. The van der Waals surface area contributed by atoms with Crippen molar-refractivity contribution < 1.29 is 4.79 Å². The number of likely N-dealkylation sites (N-methyl/N-ethyl adjacent to an activating group) is 1. The first-order chi connectivity index (χ1) is 9.70. The summed E-state index contributed by atoms with van der Waals surface area (Å²) in [5.41, 5.74) is 2.36. The molecule has 1 saturated heterocycles. The van der Waals surface area contributed by atoms with E-state index in [1.807, 2.05) is 11.0 Å². The first-order valence-electron chi connectivity index (χ1n) is 7.51. The van der Waals surface area contributed by atoms with Crippen molar-refractivity contribution in [2.24, 2.45) is 0 Å². The molecule has 0 atom stereocenters. The first kappa shape index (κ1) is 14.9. The van der Waals surface area contributed by atoms with E-state index >= 15 is 0 Å². The molecule has 1 heterocycles. The van der Waals surface area contributed by atoms with Gasteiger partial charge in [-0.3, -0.25) is 4.79 Å². The van der Waals surface area contributed by atoms with E-state index in [2.05, 4.69) is 42.3 Å². The zero-order chi connectivity index (χ0) is 14.4. The molecule has 0 aliphatic carbocycles. The fourth-order valence-corrected chi connectivity index (χ4v) is 2.57. The minimum absolute atomic E-state index is 0.233.